The highest BCUT2D eigenvalue weighted by Gasteiger charge is 2.22. The molecule has 1 aromatic carbocycles. The normalized spacial score (nSPS) is 16.5. The lowest BCUT2D eigenvalue weighted by molar-refractivity contribution is 0.166. The highest BCUT2D eigenvalue weighted by Crippen LogP contribution is 2.28. The number of hydrogen-bond acceptors (Lipinski definition) is 2. The Morgan fingerprint density at radius 1 is 1.33 bits per heavy atom. The Hall–Kier alpha value is -0.320. The predicted molar refractivity (Wildman–Crippen MR) is 92.5 cm³/mol. The molecule has 0 radical (unpaired) electrons. The van der Waals surface area contributed by atoms with Crippen LogP contribution in [0.3, 0.4) is 0 Å². The predicted octanol–water partition coefficient (Wildman–Crippen LogP) is 4.24. The fraction of sp³-hybridized carbons (Fsp3) is 0.467. The van der Waals surface area contributed by atoms with E-state index in [9.17, 15) is 4.39 Å². The number of piperazine rings is 1. The lowest BCUT2D eigenvalue weighted by Gasteiger charge is -2.35. The van der Waals surface area contributed by atoms with E-state index in [1.165, 1.54) is 0 Å². The van der Waals surface area contributed by atoms with E-state index in [4.69, 9.17) is 11.6 Å². The van der Waals surface area contributed by atoms with Gasteiger partial charge in [-0.2, -0.15) is 0 Å². The number of rotatable bonds is 5. The summed E-state index contributed by atoms with van der Waals surface area (Å²) in [7, 11) is 0. The van der Waals surface area contributed by atoms with Gasteiger partial charge in [-0.15, -0.1) is 31.4 Å². The molecule has 21 heavy (non-hydrogen) atoms. The number of allylic oxidation sites excluding steroid dienone is 1. The van der Waals surface area contributed by atoms with Gasteiger partial charge in [0.05, 0.1) is 5.02 Å². The Balaban J connectivity index is 0.00000200. The van der Waals surface area contributed by atoms with Crippen LogP contribution in [0.2, 0.25) is 5.02 Å². The molecule has 1 N–H and O–H groups in total. The number of halogens is 4. The molecule has 0 amide bonds. The molecule has 6 heteroatoms. The van der Waals surface area contributed by atoms with Gasteiger partial charge < -0.3 is 5.32 Å². The van der Waals surface area contributed by atoms with E-state index in [1.54, 1.807) is 12.1 Å². The minimum Gasteiger partial charge on any atom is -0.314 e. The van der Waals surface area contributed by atoms with Crippen molar-refractivity contribution in [3.63, 3.8) is 0 Å². The van der Waals surface area contributed by atoms with Crippen molar-refractivity contribution < 1.29 is 4.39 Å². The van der Waals surface area contributed by atoms with Crippen LogP contribution in [-0.2, 0) is 0 Å². The van der Waals surface area contributed by atoms with Gasteiger partial charge in [-0.1, -0.05) is 23.7 Å². The SMILES string of the molecule is C=CCC[C@@H](c1ccc(Cl)c(F)c1)N1CCNCC1.Cl.Cl. The van der Waals surface area contributed by atoms with Crippen LogP contribution in [0.15, 0.2) is 30.9 Å². The van der Waals surface area contributed by atoms with Crippen molar-refractivity contribution in [3.05, 3.63) is 47.3 Å². The number of hydrogen-bond donors (Lipinski definition) is 1. The molecule has 1 saturated heterocycles. The lowest BCUT2D eigenvalue weighted by atomic mass is 9.99. The molecule has 0 unspecified atom stereocenters. The highest BCUT2D eigenvalue weighted by molar-refractivity contribution is 6.30. The van der Waals surface area contributed by atoms with Crippen molar-refractivity contribution in [1.82, 2.24) is 10.2 Å². The average Bonchev–Trinajstić information content (AvgIpc) is 2.44. The molecule has 1 atom stereocenters. The van der Waals surface area contributed by atoms with Gasteiger partial charge in [-0.25, -0.2) is 4.39 Å². The summed E-state index contributed by atoms with van der Waals surface area (Å²) in [5.74, 6) is -0.335. The van der Waals surface area contributed by atoms with E-state index in [0.717, 1.165) is 44.6 Å². The Morgan fingerprint density at radius 3 is 2.57 bits per heavy atom. The molecule has 0 aliphatic carbocycles. The first-order valence-electron chi connectivity index (χ1n) is 6.73. The maximum atomic E-state index is 13.6. The van der Waals surface area contributed by atoms with Crippen LogP contribution >= 0.6 is 36.4 Å². The maximum Gasteiger partial charge on any atom is 0.142 e. The molecule has 1 fully saturated rings. The molecule has 0 spiro atoms. The van der Waals surface area contributed by atoms with E-state index in [1.807, 2.05) is 12.1 Å². The summed E-state index contributed by atoms with van der Waals surface area (Å²) in [5, 5.41) is 3.53. The number of nitrogens with one attached hydrogen (secondary N) is 1. The van der Waals surface area contributed by atoms with Crippen molar-refractivity contribution in [3.8, 4) is 0 Å². The second-order valence-corrected chi connectivity index (χ2v) is 5.25. The third kappa shape index (κ3) is 5.76. The van der Waals surface area contributed by atoms with E-state index < -0.39 is 0 Å². The van der Waals surface area contributed by atoms with Crippen LogP contribution in [0.25, 0.3) is 0 Å². The zero-order valence-electron chi connectivity index (χ0n) is 11.9. The smallest absolute Gasteiger partial charge is 0.142 e. The molecule has 0 bridgehead atoms. The van der Waals surface area contributed by atoms with Gasteiger partial charge in [0, 0.05) is 32.2 Å². The molecule has 0 aromatic heterocycles. The van der Waals surface area contributed by atoms with Crippen LogP contribution in [-0.4, -0.2) is 31.1 Å². The zero-order chi connectivity index (χ0) is 13.7. The van der Waals surface area contributed by atoms with Gasteiger partial charge in [0.25, 0.3) is 0 Å². The summed E-state index contributed by atoms with van der Waals surface area (Å²) >= 11 is 5.76. The van der Waals surface area contributed by atoms with Crippen LogP contribution < -0.4 is 5.32 Å². The maximum absolute atomic E-state index is 13.6. The highest BCUT2D eigenvalue weighted by atomic mass is 35.5. The first-order valence-corrected chi connectivity index (χ1v) is 7.11. The third-order valence-electron chi connectivity index (χ3n) is 3.57. The van der Waals surface area contributed by atoms with Gasteiger partial charge in [0.2, 0.25) is 0 Å². The molecule has 1 heterocycles. The molecular weight excluding hydrogens is 334 g/mol. The number of benzene rings is 1. The Morgan fingerprint density at radius 2 is 2.00 bits per heavy atom. The van der Waals surface area contributed by atoms with Crippen molar-refractivity contribution in [1.29, 1.82) is 0 Å². The summed E-state index contributed by atoms with van der Waals surface area (Å²) in [6.07, 6.45) is 3.81. The van der Waals surface area contributed by atoms with E-state index in [-0.39, 0.29) is 41.7 Å². The fourth-order valence-corrected chi connectivity index (χ4v) is 2.67. The summed E-state index contributed by atoms with van der Waals surface area (Å²) in [6, 6.07) is 5.39. The molecule has 2 nitrogen and oxygen atoms in total. The molecule has 0 saturated carbocycles. The standard InChI is InChI=1S/C15H20ClFN2.2ClH/c1-2-3-4-15(19-9-7-18-8-10-19)12-5-6-13(16)14(17)11-12;;/h2,5-6,11,15,18H,1,3-4,7-10H2;2*1H/t15-;;/m0../s1. The lowest BCUT2D eigenvalue weighted by Crippen LogP contribution is -2.45. The summed E-state index contributed by atoms with van der Waals surface area (Å²) < 4.78 is 13.6. The minimum absolute atomic E-state index is 0. The van der Waals surface area contributed by atoms with Gasteiger partial charge in [0.15, 0.2) is 0 Å². The first kappa shape index (κ1) is 20.7. The van der Waals surface area contributed by atoms with E-state index >= 15 is 0 Å². The van der Waals surface area contributed by atoms with Gasteiger partial charge in [0.1, 0.15) is 5.82 Å². The summed E-state index contributed by atoms with van der Waals surface area (Å²) in [4.78, 5) is 2.41. The Kier molecular flexibility index (Phi) is 10.3. The molecule has 120 valence electrons. The first-order chi connectivity index (χ1) is 9.22. The molecule has 1 aliphatic heterocycles. The van der Waals surface area contributed by atoms with Crippen LogP contribution in [0.5, 0.6) is 0 Å². The quantitative estimate of drug-likeness (QED) is 0.795. The van der Waals surface area contributed by atoms with Crippen LogP contribution in [0.4, 0.5) is 4.39 Å². The van der Waals surface area contributed by atoms with Crippen molar-refractivity contribution in [2.75, 3.05) is 26.2 Å². The fourth-order valence-electron chi connectivity index (χ4n) is 2.55. The minimum atomic E-state index is -0.335. The molecule has 1 aromatic rings. The summed E-state index contributed by atoms with van der Waals surface area (Å²) in [5.41, 5.74) is 1.01. The van der Waals surface area contributed by atoms with Gasteiger partial charge in [-0.3, -0.25) is 4.90 Å². The van der Waals surface area contributed by atoms with Crippen LogP contribution in [0, 0.1) is 5.82 Å². The molecular formula is C15H22Cl3FN2. The van der Waals surface area contributed by atoms with Gasteiger partial charge >= 0.3 is 0 Å². The molecule has 1 aliphatic rings. The summed E-state index contributed by atoms with van der Waals surface area (Å²) in [6.45, 7) is 7.73. The Labute approximate surface area is 143 Å². The largest absolute Gasteiger partial charge is 0.314 e. The average molecular weight is 356 g/mol. The van der Waals surface area contributed by atoms with Crippen molar-refractivity contribution in [2.24, 2.45) is 0 Å². The van der Waals surface area contributed by atoms with Crippen molar-refractivity contribution >= 4 is 36.4 Å². The van der Waals surface area contributed by atoms with E-state index in [2.05, 4.69) is 16.8 Å². The second-order valence-electron chi connectivity index (χ2n) is 4.84. The second kappa shape index (κ2) is 10.4. The van der Waals surface area contributed by atoms with Gasteiger partial charge in [-0.05, 0) is 30.5 Å². The number of nitrogens with zero attached hydrogens (tertiary/aromatic N) is 1. The topological polar surface area (TPSA) is 15.3 Å². The Bertz CT molecular complexity index is 437. The van der Waals surface area contributed by atoms with Crippen LogP contribution in [0.1, 0.15) is 24.4 Å². The van der Waals surface area contributed by atoms with E-state index in [0.29, 0.717) is 0 Å². The van der Waals surface area contributed by atoms with Crippen molar-refractivity contribution in [2.45, 2.75) is 18.9 Å². The molecule has 2 rings (SSSR count). The zero-order valence-corrected chi connectivity index (χ0v) is 14.2. The monoisotopic (exact) mass is 354 g/mol. The third-order valence-corrected chi connectivity index (χ3v) is 3.87.